The van der Waals surface area contributed by atoms with E-state index in [4.69, 9.17) is 18.0 Å². The Morgan fingerprint density at radius 2 is 2.15 bits per heavy atom. The van der Waals surface area contributed by atoms with Crippen LogP contribution in [-0.4, -0.2) is 31.5 Å². The van der Waals surface area contributed by atoms with Gasteiger partial charge in [0.05, 0.1) is 17.0 Å². The number of rotatable bonds is 5. The number of thiocarbonyl (C=S) groups is 1. The third kappa shape index (κ3) is 3.11. The Labute approximate surface area is 123 Å². The number of anilines is 1. The molecule has 0 aliphatic heterocycles. The zero-order valence-corrected chi connectivity index (χ0v) is 12.7. The molecule has 0 aromatic carbocycles. The maximum absolute atomic E-state index is 5.78. The van der Waals surface area contributed by atoms with Gasteiger partial charge in [0.1, 0.15) is 4.99 Å². The van der Waals surface area contributed by atoms with Crippen molar-refractivity contribution in [3.8, 4) is 0 Å². The third-order valence-corrected chi connectivity index (χ3v) is 3.35. The van der Waals surface area contributed by atoms with Gasteiger partial charge in [-0.3, -0.25) is 4.68 Å². The molecule has 3 N–H and O–H groups in total. The van der Waals surface area contributed by atoms with E-state index in [0.717, 1.165) is 28.9 Å². The highest BCUT2D eigenvalue weighted by atomic mass is 32.1. The second-order valence-electron chi connectivity index (χ2n) is 4.66. The highest BCUT2D eigenvalue weighted by molar-refractivity contribution is 7.80. The minimum atomic E-state index is 0.334. The minimum absolute atomic E-state index is 0.334. The van der Waals surface area contributed by atoms with Gasteiger partial charge in [-0.05, 0) is 25.5 Å². The number of nitrogens with two attached hydrogens (primary N) is 1. The van der Waals surface area contributed by atoms with Gasteiger partial charge in [-0.15, -0.1) is 5.10 Å². The molecule has 0 radical (unpaired) electrons. The molecule has 0 spiro atoms. The van der Waals surface area contributed by atoms with Gasteiger partial charge in [-0.2, -0.15) is 10.2 Å². The fraction of sp³-hybridized carbons (Fsp3) is 0.385. The summed E-state index contributed by atoms with van der Waals surface area (Å²) in [6, 6.07) is 1.99. The molecule has 0 atom stereocenters. The lowest BCUT2D eigenvalue weighted by Crippen LogP contribution is -2.19. The van der Waals surface area contributed by atoms with Crippen molar-refractivity contribution in [3.05, 3.63) is 34.8 Å². The Bertz CT molecular complexity index is 634. The van der Waals surface area contributed by atoms with Crippen molar-refractivity contribution in [2.24, 2.45) is 12.8 Å². The maximum Gasteiger partial charge on any atom is 0.159 e. The van der Waals surface area contributed by atoms with Crippen molar-refractivity contribution < 1.29 is 0 Å². The lowest BCUT2D eigenvalue weighted by molar-refractivity contribution is 0.741. The van der Waals surface area contributed by atoms with Gasteiger partial charge < -0.3 is 11.1 Å². The van der Waals surface area contributed by atoms with Gasteiger partial charge in [0.25, 0.3) is 0 Å². The summed E-state index contributed by atoms with van der Waals surface area (Å²) in [6.45, 7) is 4.54. The van der Waals surface area contributed by atoms with Crippen LogP contribution in [-0.2, 0) is 13.5 Å². The van der Waals surface area contributed by atoms with Crippen LogP contribution in [0, 0.1) is 13.8 Å². The molecule has 106 valence electrons. The summed E-state index contributed by atoms with van der Waals surface area (Å²) < 4.78 is 1.78. The van der Waals surface area contributed by atoms with Crippen molar-refractivity contribution in [2.45, 2.75) is 20.3 Å². The first-order valence-corrected chi connectivity index (χ1v) is 6.76. The molecule has 2 heterocycles. The Balaban J connectivity index is 2.09. The molecule has 7 heteroatoms. The van der Waals surface area contributed by atoms with E-state index in [1.807, 2.05) is 33.2 Å². The largest absolute Gasteiger partial charge is 0.389 e. The van der Waals surface area contributed by atoms with Crippen molar-refractivity contribution in [1.82, 2.24) is 20.0 Å². The SMILES string of the molecule is Cc1nnc(NCCc2ccn(C)n2)c(C(N)=S)c1C. The van der Waals surface area contributed by atoms with Gasteiger partial charge in [-0.1, -0.05) is 12.2 Å². The van der Waals surface area contributed by atoms with Crippen LogP contribution in [0.4, 0.5) is 5.82 Å². The van der Waals surface area contributed by atoms with E-state index in [2.05, 4.69) is 20.6 Å². The standard InChI is InChI=1S/C13H18N6S/c1-8-9(2)16-17-13(11(8)12(14)20)15-6-4-10-5-7-19(3)18-10/h5,7H,4,6H2,1-3H3,(H2,14,20)(H,15,17). The molecule has 6 nitrogen and oxygen atoms in total. The van der Waals surface area contributed by atoms with Crippen LogP contribution < -0.4 is 11.1 Å². The van der Waals surface area contributed by atoms with Crippen molar-refractivity contribution in [1.29, 1.82) is 0 Å². The van der Waals surface area contributed by atoms with Crippen molar-refractivity contribution >= 4 is 23.0 Å². The number of nitrogens with one attached hydrogen (secondary N) is 1. The number of nitrogens with zero attached hydrogens (tertiary/aromatic N) is 4. The quantitative estimate of drug-likeness (QED) is 0.803. The Morgan fingerprint density at radius 1 is 1.40 bits per heavy atom. The van der Waals surface area contributed by atoms with E-state index in [-0.39, 0.29) is 0 Å². The van der Waals surface area contributed by atoms with Gasteiger partial charge in [-0.25, -0.2) is 0 Å². The summed E-state index contributed by atoms with van der Waals surface area (Å²) in [5, 5.41) is 15.8. The Morgan fingerprint density at radius 3 is 2.75 bits per heavy atom. The number of hydrogen-bond donors (Lipinski definition) is 2. The van der Waals surface area contributed by atoms with Crippen LogP contribution >= 0.6 is 12.2 Å². The van der Waals surface area contributed by atoms with E-state index in [0.29, 0.717) is 17.4 Å². The summed E-state index contributed by atoms with van der Waals surface area (Å²) in [5.41, 5.74) is 9.37. The number of hydrogen-bond acceptors (Lipinski definition) is 5. The summed E-state index contributed by atoms with van der Waals surface area (Å²) in [6.07, 6.45) is 2.72. The lowest BCUT2D eigenvalue weighted by atomic mass is 10.1. The second-order valence-corrected chi connectivity index (χ2v) is 5.10. The van der Waals surface area contributed by atoms with Gasteiger partial charge in [0.15, 0.2) is 5.82 Å². The average Bonchev–Trinajstić information content (AvgIpc) is 2.79. The molecule has 2 aromatic heterocycles. The molecule has 0 fully saturated rings. The Kier molecular flexibility index (Phi) is 4.29. The molecule has 0 aliphatic rings. The summed E-state index contributed by atoms with van der Waals surface area (Å²) in [4.78, 5) is 0.334. The maximum atomic E-state index is 5.78. The van der Waals surface area contributed by atoms with E-state index in [1.54, 1.807) is 4.68 Å². The third-order valence-electron chi connectivity index (χ3n) is 3.14. The van der Waals surface area contributed by atoms with Crippen molar-refractivity contribution in [2.75, 3.05) is 11.9 Å². The van der Waals surface area contributed by atoms with Gasteiger partial charge in [0, 0.05) is 26.2 Å². The predicted octanol–water partition coefficient (Wildman–Crippen LogP) is 1.12. The fourth-order valence-electron chi connectivity index (χ4n) is 1.94. The van der Waals surface area contributed by atoms with Crippen LogP contribution in [0.3, 0.4) is 0 Å². The lowest BCUT2D eigenvalue weighted by Gasteiger charge is -2.12. The highest BCUT2D eigenvalue weighted by Gasteiger charge is 2.13. The first-order chi connectivity index (χ1) is 9.49. The molecular weight excluding hydrogens is 272 g/mol. The number of aryl methyl sites for hydroxylation is 2. The van der Waals surface area contributed by atoms with E-state index in [9.17, 15) is 0 Å². The van der Waals surface area contributed by atoms with Crippen molar-refractivity contribution in [3.63, 3.8) is 0 Å². The van der Waals surface area contributed by atoms with E-state index >= 15 is 0 Å². The number of aromatic nitrogens is 4. The van der Waals surface area contributed by atoms with E-state index < -0.39 is 0 Å². The molecule has 0 bridgehead atoms. The molecule has 2 rings (SSSR count). The molecular formula is C13H18N6S. The Hall–Kier alpha value is -2.02. The fourth-order valence-corrected chi connectivity index (χ4v) is 2.19. The molecule has 0 unspecified atom stereocenters. The van der Waals surface area contributed by atoms with Gasteiger partial charge in [0.2, 0.25) is 0 Å². The van der Waals surface area contributed by atoms with Crippen LogP contribution in [0.25, 0.3) is 0 Å². The van der Waals surface area contributed by atoms with Crippen LogP contribution in [0.2, 0.25) is 0 Å². The molecule has 0 saturated heterocycles. The minimum Gasteiger partial charge on any atom is -0.389 e. The molecule has 0 amide bonds. The molecule has 20 heavy (non-hydrogen) atoms. The van der Waals surface area contributed by atoms with E-state index in [1.165, 1.54) is 0 Å². The first kappa shape index (κ1) is 14.4. The molecule has 2 aromatic rings. The normalized spacial score (nSPS) is 10.6. The monoisotopic (exact) mass is 290 g/mol. The zero-order chi connectivity index (χ0) is 14.7. The van der Waals surface area contributed by atoms with Gasteiger partial charge >= 0.3 is 0 Å². The summed E-state index contributed by atoms with van der Waals surface area (Å²) in [5.74, 6) is 0.636. The van der Waals surface area contributed by atoms with Crippen LogP contribution in [0.1, 0.15) is 22.5 Å². The topological polar surface area (TPSA) is 81.7 Å². The first-order valence-electron chi connectivity index (χ1n) is 6.35. The second kappa shape index (κ2) is 5.96. The average molecular weight is 290 g/mol. The summed E-state index contributed by atoms with van der Waals surface area (Å²) in [7, 11) is 1.90. The zero-order valence-electron chi connectivity index (χ0n) is 11.8. The van der Waals surface area contributed by atoms with Crippen LogP contribution in [0.15, 0.2) is 12.3 Å². The highest BCUT2D eigenvalue weighted by Crippen LogP contribution is 2.18. The smallest absolute Gasteiger partial charge is 0.159 e. The molecule has 0 aliphatic carbocycles. The molecule has 0 saturated carbocycles. The van der Waals surface area contributed by atoms with Crippen LogP contribution in [0.5, 0.6) is 0 Å². The predicted molar refractivity (Wildman–Crippen MR) is 82.8 cm³/mol. The summed E-state index contributed by atoms with van der Waals surface area (Å²) >= 11 is 5.10.